The molecule has 4 aromatic rings. The largest absolute Gasteiger partial charge is 0.493 e. The molecule has 222 valence electrons. The van der Waals surface area contributed by atoms with Gasteiger partial charge in [-0.25, -0.2) is 9.79 Å². The normalized spacial score (nSPS) is 14.7. The highest BCUT2D eigenvalue weighted by Gasteiger charge is 2.33. The number of nitrogens with zero attached hydrogens (tertiary/aromatic N) is 3. The van der Waals surface area contributed by atoms with Crippen LogP contribution in [-0.2, 0) is 16.1 Å². The zero-order valence-electron chi connectivity index (χ0n) is 24.6. The minimum atomic E-state index is -0.677. The van der Waals surface area contributed by atoms with Gasteiger partial charge in [-0.3, -0.25) is 9.36 Å². The SMILES string of the molecule is CCOC(=O)C1=C(C)N=c2s/c(=C/c3ccc(OCc4ccccc4Cl)c(OC)c3)c(=O)n2[C@@H]1c1ccc(N(C)C)cc1. The zero-order chi connectivity index (χ0) is 30.7. The van der Waals surface area contributed by atoms with E-state index in [1.165, 1.54) is 11.3 Å². The second-order valence-corrected chi connectivity index (χ2v) is 11.5. The van der Waals surface area contributed by atoms with Crippen molar-refractivity contribution in [1.29, 1.82) is 0 Å². The van der Waals surface area contributed by atoms with Crippen LogP contribution in [0.4, 0.5) is 5.69 Å². The lowest BCUT2D eigenvalue weighted by molar-refractivity contribution is -0.139. The van der Waals surface area contributed by atoms with E-state index in [1.54, 1.807) is 37.7 Å². The number of rotatable bonds is 9. The predicted octanol–water partition coefficient (Wildman–Crippen LogP) is 5.11. The van der Waals surface area contributed by atoms with Gasteiger partial charge in [0.2, 0.25) is 0 Å². The van der Waals surface area contributed by atoms with Gasteiger partial charge in [-0.1, -0.05) is 59.3 Å². The molecule has 0 aliphatic carbocycles. The van der Waals surface area contributed by atoms with Gasteiger partial charge in [0, 0.05) is 30.4 Å². The number of thiazole rings is 1. The fraction of sp³-hybridized carbons (Fsp3) is 0.242. The Morgan fingerprint density at radius 2 is 1.84 bits per heavy atom. The quantitative estimate of drug-likeness (QED) is 0.243. The van der Waals surface area contributed by atoms with Crippen LogP contribution in [0.5, 0.6) is 11.5 Å². The Hall–Kier alpha value is -4.34. The second kappa shape index (κ2) is 12.9. The molecule has 1 atom stereocenters. The topological polar surface area (TPSA) is 82.4 Å². The molecule has 3 aromatic carbocycles. The number of hydrogen-bond donors (Lipinski definition) is 0. The van der Waals surface area contributed by atoms with E-state index in [4.69, 9.17) is 25.8 Å². The molecule has 0 amide bonds. The van der Waals surface area contributed by atoms with Gasteiger partial charge in [-0.05, 0) is 61.4 Å². The van der Waals surface area contributed by atoms with Crippen LogP contribution in [0.1, 0.15) is 36.6 Å². The molecular weight excluding hydrogens is 586 g/mol. The van der Waals surface area contributed by atoms with E-state index in [9.17, 15) is 9.59 Å². The summed E-state index contributed by atoms with van der Waals surface area (Å²) >= 11 is 7.54. The molecule has 0 unspecified atom stereocenters. The Balaban J connectivity index is 1.55. The Labute approximate surface area is 258 Å². The highest BCUT2D eigenvalue weighted by molar-refractivity contribution is 7.07. The maximum atomic E-state index is 14.0. The molecule has 10 heteroatoms. The van der Waals surface area contributed by atoms with E-state index in [2.05, 4.69) is 4.99 Å². The van der Waals surface area contributed by atoms with Crippen molar-refractivity contribution < 1.29 is 19.0 Å². The average molecular weight is 618 g/mol. The standard InChI is InChI=1S/C33H32ClN3O5S/c1-6-41-32(39)29-20(2)35-33-37(30(29)22-12-14-24(15-13-22)36(3)4)31(38)28(43-33)18-21-11-16-26(27(17-21)40-5)42-19-23-9-7-8-10-25(23)34/h7-18,30H,6,19H2,1-5H3/b28-18+/t30-/m1/s1. The highest BCUT2D eigenvalue weighted by Crippen LogP contribution is 2.32. The van der Waals surface area contributed by atoms with Crippen molar-refractivity contribution in [2.24, 2.45) is 4.99 Å². The van der Waals surface area contributed by atoms with Crippen LogP contribution in [0.2, 0.25) is 5.02 Å². The van der Waals surface area contributed by atoms with Crippen molar-refractivity contribution in [2.75, 3.05) is 32.7 Å². The van der Waals surface area contributed by atoms with E-state index in [1.807, 2.05) is 79.7 Å². The number of fused-ring (bicyclic) bond motifs is 1. The third kappa shape index (κ3) is 6.23. The van der Waals surface area contributed by atoms with Gasteiger partial charge in [-0.15, -0.1) is 0 Å². The second-order valence-electron chi connectivity index (χ2n) is 10.1. The Morgan fingerprint density at radius 3 is 2.51 bits per heavy atom. The minimum absolute atomic E-state index is 0.215. The monoisotopic (exact) mass is 617 g/mol. The summed E-state index contributed by atoms with van der Waals surface area (Å²) < 4.78 is 19.0. The molecule has 8 nitrogen and oxygen atoms in total. The number of esters is 1. The number of anilines is 1. The summed E-state index contributed by atoms with van der Waals surface area (Å²) in [5.41, 5.74) is 4.02. The van der Waals surface area contributed by atoms with Crippen LogP contribution in [0.3, 0.4) is 0 Å². The zero-order valence-corrected chi connectivity index (χ0v) is 26.2. The van der Waals surface area contributed by atoms with Gasteiger partial charge in [0.15, 0.2) is 16.3 Å². The molecule has 2 heterocycles. The first-order chi connectivity index (χ1) is 20.7. The van der Waals surface area contributed by atoms with E-state index in [0.29, 0.717) is 37.1 Å². The van der Waals surface area contributed by atoms with E-state index < -0.39 is 12.0 Å². The lowest BCUT2D eigenvalue weighted by Crippen LogP contribution is -2.39. The van der Waals surface area contributed by atoms with Crippen molar-refractivity contribution in [3.8, 4) is 11.5 Å². The van der Waals surface area contributed by atoms with Crippen molar-refractivity contribution in [1.82, 2.24) is 4.57 Å². The van der Waals surface area contributed by atoms with Crippen LogP contribution >= 0.6 is 22.9 Å². The molecule has 0 spiro atoms. The van der Waals surface area contributed by atoms with Crippen molar-refractivity contribution in [3.63, 3.8) is 0 Å². The molecule has 5 rings (SSSR count). The highest BCUT2D eigenvalue weighted by atomic mass is 35.5. The van der Waals surface area contributed by atoms with Gasteiger partial charge in [0.05, 0.1) is 35.6 Å². The molecule has 0 fully saturated rings. The number of aromatic nitrogens is 1. The lowest BCUT2D eigenvalue weighted by atomic mass is 9.95. The molecule has 0 saturated heterocycles. The van der Waals surface area contributed by atoms with Crippen LogP contribution in [0.15, 0.2) is 87.8 Å². The first-order valence-electron chi connectivity index (χ1n) is 13.7. The van der Waals surface area contributed by atoms with Gasteiger partial charge < -0.3 is 19.1 Å². The Kier molecular flexibility index (Phi) is 9.03. The molecule has 0 saturated carbocycles. The van der Waals surface area contributed by atoms with Gasteiger partial charge in [-0.2, -0.15) is 0 Å². The molecule has 1 aliphatic rings. The van der Waals surface area contributed by atoms with E-state index >= 15 is 0 Å². The number of halogens is 1. The fourth-order valence-corrected chi connectivity index (χ4v) is 6.11. The maximum Gasteiger partial charge on any atom is 0.338 e. The number of allylic oxidation sites excluding steroid dienone is 1. The lowest BCUT2D eigenvalue weighted by Gasteiger charge is -2.25. The molecular formula is C33H32ClN3O5S. The molecule has 0 radical (unpaired) electrons. The molecule has 1 aromatic heterocycles. The number of carbonyl (C=O) groups excluding carboxylic acids is 1. The maximum absolute atomic E-state index is 14.0. The number of carbonyl (C=O) groups is 1. The third-order valence-electron chi connectivity index (χ3n) is 7.07. The van der Waals surface area contributed by atoms with E-state index in [0.717, 1.165) is 22.4 Å². The van der Waals surface area contributed by atoms with Gasteiger partial charge in [0.25, 0.3) is 5.56 Å². The molecule has 0 N–H and O–H groups in total. The predicted molar refractivity (Wildman–Crippen MR) is 170 cm³/mol. The van der Waals surface area contributed by atoms with Crippen molar-refractivity contribution in [3.05, 3.63) is 119 Å². The summed E-state index contributed by atoms with van der Waals surface area (Å²) in [6, 6.07) is 20.1. The minimum Gasteiger partial charge on any atom is -0.493 e. The first-order valence-corrected chi connectivity index (χ1v) is 14.9. The molecule has 1 aliphatic heterocycles. The van der Waals surface area contributed by atoms with Gasteiger partial charge >= 0.3 is 5.97 Å². The van der Waals surface area contributed by atoms with Crippen LogP contribution in [0.25, 0.3) is 6.08 Å². The number of ether oxygens (including phenoxy) is 3. The number of hydrogen-bond acceptors (Lipinski definition) is 8. The smallest absolute Gasteiger partial charge is 0.338 e. The third-order valence-corrected chi connectivity index (χ3v) is 8.42. The average Bonchev–Trinajstić information content (AvgIpc) is 3.30. The fourth-order valence-electron chi connectivity index (χ4n) is 4.88. The van der Waals surface area contributed by atoms with Crippen molar-refractivity contribution in [2.45, 2.75) is 26.5 Å². The summed E-state index contributed by atoms with van der Waals surface area (Å²) in [6.45, 7) is 4.03. The van der Waals surface area contributed by atoms with Crippen LogP contribution in [-0.4, -0.2) is 38.3 Å². The van der Waals surface area contributed by atoms with Gasteiger partial charge in [0.1, 0.15) is 6.61 Å². The molecule has 43 heavy (non-hydrogen) atoms. The van der Waals surface area contributed by atoms with E-state index in [-0.39, 0.29) is 18.8 Å². The summed E-state index contributed by atoms with van der Waals surface area (Å²) in [5.74, 6) is 0.585. The molecule has 0 bridgehead atoms. The van der Waals surface area contributed by atoms with Crippen LogP contribution < -0.4 is 29.3 Å². The summed E-state index contributed by atoms with van der Waals surface area (Å²) in [6.07, 6.45) is 1.79. The van der Waals surface area contributed by atoms with Crippen LogP contribution in [0, 0.1) is 0 Å². The summed E-state index contributed by atoms with van der Waals surface area (Å²) in [7, 11) is 5.48. The Bertz CT molecular complexity index is 1880. The Morgan fingerprint density at radius 1 is 1.09 bits per heavy atom. The number of benzene rings is 3. The van der Waals surface area contributed by atoms with Crippen molar-refractivity contribution >= 4 is 40.7 Å². The summed E-state index contributed by atoms with van der Waals surface area (Å²) in [4.78, 5) is 34.3. The first kappa shape index (κ1) is 30.1. The number of methoxy groups -OCH3 is 1. The summed E-state index contributed by atoms with van der Waals surface area (Å²) in [5, 5.41) is 0.627.